The fraction of sp³-hybridized carbons (Fsp3) is 0.333. The number of ether oxygens (including phenoxy) is 1. The minimum atomic E-state index is -0.404. The number of nitrogens with one attached hydrogen (secondary N) is 2. The van der Waals surface area contributed by atoms with Gasteiger partial charge in [-0.2, -0.15) is 0 Å². The summed E-state index contributed by atoms with van der Waals surface area (Å²) in [6, 6.07) is 3.50. The Balaban J connectivity index is 2.94. The molecule has 0 aromatic heterocycles. The highest BCUT2D eigenvalue weighted by Crippen LogP contribution is 2.26. The first-order valence-electron chi connectivity index (χ1n) is 5.42. The lowest BCUT2D eigenvalue weighted by molar-refractivity contribution is -0.121. The fourth-order valence-electron chi connectivity index (χ4n) is 1.44. The maximum atomic E-state index is 12.0. The number of hydrazine groups is 1. The number of aryl methyl sites for hydroxylation is 1. The van der Waals surface area contributed by atoms with Crippen LogP contribution in [0.2, 0.25) is 0 Å². The number of carbonyl (C=O) groups excluding carboxylic acids is 2. The van der Waals surface area contributed by atoms with Crippen molar-refractivity contribution in [2.45, 2.75) is 20.3 Å². The molecule has 0 unspecified atom stereocenters. The molecule has 1 aromatic rings. The predicted octanol–water partition coefficient (Wildman–Crippen LogP) is 1.94. The van der Waals surface area contributed by atoms with E-state index in [1.54, 1.807) is 26.0 Å². The van der Waals surface area contributed by atoms with Crippen molar-refractivity contribution in [3.8, 4) is 5.75 Å². The van der Waals surface area contributed by atoms with Crippen molar-refractivity contribution in [3.63, 3.8) is 0 Å². The summed E-state index contributed by atoms with van der Waals surface area (Å²) in [5.41, 5.74) is 5.82. The quantitative estimate of drug-likeness (QED) is 0.838. The van der Waals surface area contributed by atoms with E-state index in [9.17, 15) is 9.59 Å². The lowest BCUT2D eigenvalue weighted by Gasteiger charge is -2.13. The standard InChI is InChI=1S/C12H15BrN2O3/c1-4-10(16)14-15-12(17)11-7(2)5-8(13)6-9(11)18-3/h5-6H,4H2,1-3H3,(H,14,16)(H,15,17). The number of benzene rings is 1. The molecule has 0 fully saturated rings. The number of carbonyl (C=O) groups is 2. The van der Waals surface area contributed by atoms with E-state index >= 15 is 0 Å². The van der Waals surface area contributed by atoms with Gasteiger partial charge in [-0.25, -0.2) is 0 Å². The Labute approximate surface area is 114 Å². The SMILES string of the molecule is CCC(=O)NNC(=O)c1c(C)cc(Br)cc1OC. The lowest BCUT2D eigenvalue weighted by atomic mass is 10.1. The maximum Gasteiger partial charge on any atom is 0.273 e. The van der Waals surface area contributed by atoms with Crippen molar-refractivity contribution in [1.82, 2.24) is 10.9 Å². The molecule has 98 valence electrons. The molecule has 1 rings (SSSR count). The van der Waals surface area contributed by atoms with Crippen molar-refractivity contribution < 1.29 is 14.3 Å². The van der Waals surface area contributed by atoms with Crippen molar-refractivity contribution in [2.24, 2.45) is 0 Å². The number of amides is 2. The average molecular weight is 315 g/mol. The number of rotatable bonds is 3. The number of hydrogen-bond donors (Lipinski definition) is 2. The van der Waals surface area contributed by atoms with Gasteiger partial charge in [0.25, 0.3) is 5.91 Å². The van der Waals surface area contributed by atoms with E-state index in [4.69, 9.17) is 4.74 Å². The smallest absolute Gasteiger partial charge is 0.273 e. The monoisotopic (exact) mass is 314 g/mol. The topological polar surface area (TPSA) is 67.4 Å². The first-order valence-corrected chi connectivity index (χ1v) is 6.22. The molecule has 1 aromatic carbocycles. The van der Waals surface area contributed by atoms with Crippen LogP contribution < -0.4 is 15.6 Å². The molecule has 0 saturated heterocycles. The summed E-state index contributed by atoms with van der Waals surface area (Å²) >= 11 is 3.33. The Bertz CT molecular complexity index is 475. The zero-order valence-electron chi connectivity index (χ0n) is 10.5. The van der Waals surface area contributed by atoms with E-state index in [0.29, 0.717) is 17.7 Å². The third-order valence-electron chi connectivity index (χ3n) is 2.35. The number of halogens is 1. The van der Waals surface area contributed by atoms with E-state index in [-0.39, 0.29) is 5.91 Å². The van der Waals surface area contributed by atoms with Crippen LogP contribution in [0.3, 0.4) is 0 Å². The summed E-state index contributed by atoms with van der Waals surface area (Å²) in [4.78, 5) is 23.0. The molecular weight excluding hydrogens is 300 g/mol. The van der Waals surface area contributed by atoms with Crippen LogP contribution in [0.1, 0.15) is 29.3 Å². The molecular formula is C12H15BrN2O3. The highest BCUT2D eigenvalue weighted by molar-refractivity contribution is 9.10. The molecule has 5 nitrogen and oxygen atoms in total. The van der Waals surface area contributed by atoms with Crippen LogP contribution in [0.25, 0.3) is 0 Å². The highest BCUT2D eigenvalue weighted by atomic mass is 79.9. The van der Waals surface area contributed by atoms with Crippen molar-refractivity contribution in [3.05, 3.63) is 27.7 Å². The van der Waals surface area contributed by atoms with Crippen molar-refractivity contribution >= 4 is 27.7 Å². The molecule has 0 heterocycles. The third-order valence-corrected chi connectivity index (χ3v) is 2.81. The molecule has 0 spiro atoms. The van der Waals surface area contributed by atoms with E-state index in [1.165, 1.54) is 7.11 Å². The van der Waals surface area contributed by atoms with Gasteiger partial charge in [0.05, 0.1) is 12.7 Å². The molecule has 0 atom stereocenters. The third kappa shape index (κ3) is 3.46. The Morgan fingerprint density at radius 1 is 1.33 bits per heavy atom. The second-order valence-electron chi connectivity index (χ2n) is 3.66. The van der Waals surface area contributed by atoms with Crippen LogP contribution in [-0.4, -0.2) is 18.9 Å². The number of methoxy groups -OCH3 is 1. The van der Waals surface area contributed by atoms with Crippen LogP contribution in [-0.2, 0) is 4.79 Å². The molecule has 0 radical (unpaired) electrons. The summed E-state index contributed by atoms with van der Waals surface area (Å²) < 4.78 is 5.98. The first kappa shape index (κ1) is 14.5. The minimum absolute atomic E-state index is 0.253. The van der Waals surface area contributed by atoms with Gasteiger partial charge in [0.1, 0.15) is 5.75 Å². The second kappa shape index (κ2) is 6.39. The zero-order valence-corrected chi connectivity index (χ0v) is 12.1. The van der Waals surface area contributed by atoms with E-state index < -0.39 is 5.91 Å². The minimum Gasteiger partial charge on any atom is -0.496 e. The molecule has 6 heteroatoms. The van der Waals surface area contributed by atoms with E-state index in [2.05, 4.69) is 26.8 Å². The number of hydrogen-bond acceptors (Lipinski definition) is 3. The molecule has 2 amide bonds. The lowest BCUT2D eigenvalue weighted by Crippen LogP contribution is -2.41. The van der Waals surface area contributed by atoms with Gasteiger partial charge in [-0.1, -0.05) is 22.9 Å². The maximum absolute atomic E-state index is 12.0. The van der Waals surface area contributed by atoms with Gasteiger partial charge in [-0.15, -0.1) is 0 Å². The van der Waals surface area contributed by atoms with Gasteiger partial charge in [-0.3, -0.25) is 20.4 Å². The van der Waals surface area contributed by atoms with E-state index in [0.717, 1.165) is 10.0 Å². The van der Waals surface area contributed by atoms with Gasteiger partial charge < -0.3 is 4.74 Å². The Morgan fingerprint density at radius 3 is 2.56 bits per heavy atom. The first-order chi connectivity index (χ1) is 8.49. The van der Waals surface area contributed by atoms with Crippen molar-refractivity contribution in [1.29, 1.82) is 0 Å². The summed E-state index contributed by atoms with van der Waals surface area (Å²) in [6.45, 7) is 3.50. The van der Waals surface area contributed by atoms with Gasteiger partial charge in [0, 0.05) is 10.9 Å². The highest BCUT2D eigenvalue weighted by Gasteiger charge is 2.16. The van der Waals surface area contributed by atoms with Crippen LogP contribution in [0, 0.1) is 6.92 Å². The molecule has 0 aliphatic carbocycles. The average Bonchev–Trinajstić information content (AvgIpc) is 2.34. The van der Waals surface area contributed by atoms with Gasteiger partial charge in [0.2, 0.25) is 5.91 Å². The molecule has 0 aliphatic heterocycles. The Hall–Kier alpha value is -1.56. The summed E-state index contributed by atoms with van der Waals surface area (Å²) in [5.74, 6) is -0.208. The summed E-state index contributed by atoms with van der Waals surface area (Å²) in [5, 5.41) is 0. The van der Waals surface area contributed by atoms with Crippen molar-refractivity contribution in [2.75, 3.05) is 7.11 Å². The largest absolute Gasteiger partial charge is 0.496 e. The summed E-state index contributed by atoms with van der Waals surface area (Å²) in [6.07, 6.45) is 0.302. The zero-order chi connectivity index (χ0) is 13.7. The summed E-state index contributed by atoms with van der Waals surface area (Å²) in [7, 11) is 1.49. The van der Waals surface area contributed by atoms with Gasteiger partial charge in [-0.05, 0) is 24.6 Å². The van der Waals surface area contributed by atoms with Crippen LogP contribution in [0.5, 0.6) is 5.75 Å². The molecule has 18 heavy (non-hydrogen) atoms. The van der Waals surface area contributed by atoms with Crippen LogP contribution in [0.4, 0.5) is 0 Å². The van der Waals surface area contributed by atoms with Crippen LogP contribution in [0.15, 0.2) is 16.6 Å². The normalized spacial score (nSPS) is 9.78. The van der Waals surface area contributed by atoms with Crippen LogP contribution >= 0.6 is 15.9 Å². The fourth-order valence-corrected chi connectivity index (χ4v) is 1.99. The Kier molecular flexibility index (Phi) is 5.15. The Morgan fingerprint density at radius 2 is 2.00 bits per heavy atom. The molecule has 0 aliphatic rings. The molecule has 2 N–H and O–H groups in total. The molecule has 0 saturated carbocycles. The van der Waals surface area contributed by atoms with E-state index in [1.807, 2.05) is 0 Å². The van der Waals surface area contributed by atoms with Gasteiger partial charge in [0.15, 0.2) is 0 Å². The second-order valence-corrected chi connectivity index (χ2v) is 4.57. The molecule has 0 bridgehead atoms. The van der Waals surface area contributed by atoms with Gasteiger partial charge >= 0.3 is 0 Å². The predicted molar refractivity (Wildman–Crippen MR) is 71.3 cm³/mol.